The lowest BCUT2D eigenvalue weighted by atomic mass is 10.3. The molecule has 1 aromatic rings. The summed E-state index contributed by atoms with van der Waals surface area (Å²) < 4.78 is 37.8. The van der Waals surface area contributed by atoms with Crippen LogP contribution in [0.3, 0.4) is 0 Å². The molecule has 0 spiro atoms. The smallest absolute Gasteiger partial charge is 0.240 e. The third-order valence-corrected chi connectivity index (χ3v) is 4.33. The third kappa shape index (κ3) is 5.03. The summed E-state index contributed by atoms with van der Waals surface area (Å²) in [5.74, 6) is 1.08. The Balaban J connectivity index is 0.00000220. The fourth-order valence-corrected chi connectivity index (χ4v) is 2.89. The zero-order valence-corrected chi connectivity index (χ0v) is 13.6. The molecule has 0 atom stereocenters. The van der Waals surface area contributed by atoms with E-state index >= 15 is 0 Å². The predicted octanol–water partition coefficient (Wildman–Crippen LogP) is 1.16. The molecule has 1 aromatic carbocycles. The molecule has 0 aliphatic carbocycles. The van der Waals surface area contributed by atoms with Crippen molar-refractivity contribution < 1.29 is 17.9 Å². The van der Waals surface area contributed by atoms with Crippen LogP contribution in [0.25, 0.3) is 0 Å². The van der Waals surface area contributed by atoms with E-state index in [0.29, 0.717) is 37.8 Å². The summed E-state index contributed by atoms with van der Waals surface area (Å²) >= 11 is 0. The lowest BCUT2D eigenvalue weighted by Gasteiger charge is -2.11. The first-order chi connectivity index (χ1) is 9.63. The van der Waals surface area contributed by atoms with Gasteiger partial charge in [0, 0.05) is 25.6 Å². The van der Waals surface area contributed by atoms with Crippen molar-refractivity contribution in [1.82, 2.24) is 10.0 Å². The Labute approximate surface area is 131 Å². The van der Waals surface area contributed by atoms with Crippen molar-refractivity contribution in [3.63, 3.8) is 0 Å². The molecule has 0 aromatic heterocycles. The van der Waals surface area contributed by atoms with E-state index in [-0.39, 0.29) is 17.3 Å². The van der Waals surface area contributed by atoms with Crippen LogP contribution in [0.2, 0.25) is 0 Å². The fraction of sp³-hybridized carbons (Fsp3) is 0.538. The van der Waals surface area contributed by atoms with Crippen molar-refractivity contribution >= 4 is 22.4 Å². The zero-order chi connectivity index (χ0) is 14.4. The minimum Gasteiger partial charge on any atom is -0.490 e. The number of hydrogen-bond acceptors (Lipinski definition) is 5. The maximum Gasteiger partial charge on any atom is 0.240 e. The Kier molecular flexibility index (Phi) is 7.24. The van der Waals surface area contributed by atoms with Gasteiger partial charge in [-0.1, -0.05) is 6.92 Å². The molecule has 1 heterocycles. The number of rotatable bonds is 6. The molecular weight excluding hydrogens is 316 g/mol. The largest absolute Gasteiger partial charge is 0.490 e. The molecule has 0 saturated heterocycles. The molecule has 21 heavy (non-hydrogen) atoms. The van der Waals surface area contributed by atoms with Crippen molar-refractivity contribution in [3.05, 3.63) is 18.2 Å². The van der Waals surface area contributed by atoms with Gasteiger partial charge in [0.1, 0.15) is 0 Å². The van der Waals surface area contributed by atoms with E-state index in [4.69, 9.17) is 9.47 Å². The highest BCUT2D eigenvalue weighted by atomic mass is 35.5. The monoisotopic (exact) mass is 336 g/mol. The van der Waals surface area contributed by atoms with Crippen LogP contribution in [0.5, 0.6) is 11.5 Å². The summed E-state index contributed by atoms with van der Waals surface area (Å²) in [6.07, 6.45) is 0.789. The highest BCUT2D eigenvalue weighted by molar-refractivity contribution is 7.89. The Morgan fingerprint density at radius 3 is 2.57 bits per heavy atom. The molecule has 0 bridgehead atoms. The van der Waals surface area contributed by atoms with Gasteiger partial charge in [0.2, 0.25) is 10.0 Å². The highest BCUT2D eigenvalue weighted by Crippen LogP contribution is 2.31. The van der Waals surface area contributed by atoms with Gasteiger partial charge in [-0.2, -0.15) is 0 Å². The Bertz CT molecular complexity index is 551. The molecule has 6 nitrogen and oxygen atoms in total. The van der Waals surface area contributed by atoms with Gasteiger partial charge in [0.25, 0.3) is 0 Å². The number of sulfonamides is 1. The van der Waals surface area contributed by atoms with Crippen LogP contribution in [0.1, 0.15) is 13.3 Å². The maximum absolute atomic E-state index is 12.1. The van der Waals surface area contributed by atoms with Crippen LogP contribution >= 0.6 is 12.4 Å². The highest BCUT2D eigenvalue weighted by Gasteiger charge is 2.18. The first-order valence-electron chi connectivity index (χ1n) is 6.73. The normalized spacial score (nSPS) is 14.1. The second-order valence-corrected chi connectivity index (χ2v) is 6.18. The number of hydrogen-bond donors (Lipinski definition) is 2. The van der Waals surface area contributed by atoms with Gasteiger partial charge in [0.05, 0.1) is 18.1 Å². The van der Waals surface area contributed by atoms with Crippen LogP contribution in [0, 0.1) is 0 Å². The molecule has 2 rings (SSSR count). The summed E-state index contributed by atoms with van der Waals surface area (Å²) in [7, 11) is -3.51. The summed E-state index contributed by atoms with van der Waals surface area (Å²) in [4.78, 5) is 0.193. The lowest BCUT2D eigenvalue weighted by molar-refractivity contribution is 0.297. The van der Waals surface area contributed by atoms with E-state index in [1.54, 1.807) is 6.07 Å². The number of nitrogens with one attached hydrogen (secondary N) is 2. The average Bonchev–Trinajstić information content (AvgIpc) is 2.68. The molecule has 120 valence electrons. The summed E-state index contributed by atoms with van der Waals surface area (Å²) in [6.45, 7) is 4.85. The number of likely N-dealkylation sites (N-methyl/N-ethyl adjacent to an activating group) is 1. The van der Waals surface area contributed by atoms with Gasteiger partial charge in [-0.15, -0.1) is 12.4 Å². The molecule has 2 N–H and O–H groups in total. The van der Waals surface area contributed by atoms with Crippen LogP contribution in [-0.4, -0.2) is 41.3 Å². The second kappa shape index (κ2) is 8.43. The van der Waals surface area contributed by atoms with Crippen molar-refractivity contribution in [1.29, 1.82) is 0 Å². The number of benzene rings is 1. The van der Waals surface area contributed by atoms with Gasteiger partial charge in [-0.05, 0) is 18.7 Å². The van der Waals surface area contributed by atoms with Crippen LogP contribution in [0.15, 0.2) is 23.1 Å². The van der Waals surface area contributed by atoms with E-state index in [0.717, 1.165) is 13.0 Å². The lowest BCUT2D eigenvalue weighted by Crippen LogP contribution is -2.31. The minimum absolute atomic E-state index is 0. The van der Waals surface area contributed by atoms with Crippen LogP contribution in [0.4, 0.5) is 0 Å². The Hall–Kier alpha value is -1.02. The topological polar surface area (TPSA) is 76.7 Å². The van der Waals surface area contributed by atoms with Gasteiger partial charge in [0.15, 0.2) is 11.5 Å². The maximum atomic E-state index is 12.1. The molecular formula is C13H21ClN2O4S. The molecule has 0 fully saturated rings. The zero-order valence-electron chi connectivity index (χ0n) is 11.9. The minimum atomic E-state index is -3.51. The molecule has 1 aliphatic heterocycles. The average molecular weight is 337 g/mol. The number of fused-ring (bicyclic) bond motifs is 1. The van der Waals surface area contributed by atoms with Gasteiger partial charge >= 0.3 is 0 Å². The SMILES string of the molecule is CCNCCNS(=O)(=O)c1ccc2c(c1)OCCCO2.Cl. The molecule has 0 unspecified atom stereocenters. The Morgan fingerprint density at radius 1 is 1.14 bits per heavy atom. The van der Waals surface area contributed by atoms with Crippen LogP contribution in [-0.2, 0) is 10.0 Å². The van der Waals surface area contributed by atoms with Gasteiger partial charge in [-0.3, -0.25) is 0 Å². The molecule has 0 amide bonds. The van der Waals surface area contributed by atoms with Crippen molar-refractivity contribution in [2.24, 2.45) is 0 Å². The second-order valence-electron chi connectivity index (χ2n) is 4.41. The van der Waals surface area contributed by atoms with Crippen molar-refractivity contribution in [3.8, 4) is 11.5 Å². The van der Waals surface area contributed by atoms with Crippen molar-refractivity contribution in [2.75, 3.05) is 32.8 Å². The van der Waals surface area contributed by atoms with E-state index in [1.165, 1.54) is 12.1 Å². The quantitative estimate of drug-likeness (QED) is 0.762. The van der Waals surface area contributed by atoms with E-state index in [1.807, 2.05) is 6.92 Å². The predicted molar refractivity (Wildman–Crippen MR) is 83.0 cm³/mol. The third-order valence-electron chi connectivity index (χ3n) is 2.87. The molecule has 0 saturated carbocycles. The Morgan fingerprint density at radius 2 is 1.86 bits per heavy atom. The molecule has 0 radical (unpaired) electrons. The standard InChI is InChI=1S/C13H20N2O4S.ClH/c1-2-14-6-7-15-20(16,17)11-4-5-12-13(10-11)19-9-3-8-18-12;/h4-5,10,14-15H,2-3,6-9H2,1H3;1H. The first kappa shape index (κ1) is 18.0. The number of halogens is 1. The summed E-state index contributed by atoms with van der Waals surface area (Å²) in [5.41, 5.74) is 0. The summed E-state index contributed by atoms with van der Waals surface area (Å²) in [5, 5.41) is 3.06. The molecule has 1 aliphatic rings. The van der Waals surface area contributed by atoms with Crippen molar-refractivity contribution in [2.45, 2.75) is 18.2 Å². The van der Waals surface area contributed by atoms with E-state index in [9.17, 15) is 8.42 Å². The fourth-order valence-electron chi connectivity index (χ4n) is 1.84. The molecule has 8 heteroatoms. The van der Waals surface area contributed by atoms with Crippen LogP contribution < -0.4 is 19.5 Å². The van der Waals surface area contributed by atoms with Gasteiger partial charge in [-0.25, -0.2) is 13.1 Å². The summed E-state index contributed by atoms with van der Waals surface area (Å²) in [6, 6.07) is 4.68. The van der Waals surface area contributed by atoms with E-state index in [2.05, 4.69) is 10.0 Å². The van der Waals surface area contributed by atoms with E-state index < -0.39 is 10.0 Å². The van der Waals surface area contributed by atoms with Gasteiger partial charge < -0.3 is 14.8 Å². The number of ether oxygens (including phenoxy) is 2. The first-order valence-corrected chi connectivity index (χ1v) is 8.22.